The van der Waals surface area contributed by atoms with E-state index in [9.17, 15) is 9.59 Å². The van der Waals surface area contributed by atoms with Crippen molar-refractivity contribution in [3.8, 4) is 0 Å². The normalized spacial score (nSPS) is 17.6. The van der Waals surface area contributed by atoms with Crippen LogP contribution in [0.3, 0.4) is 0 Å². The van der Waals surface area contributed by atoms with E-state index < -0.39 is 5.91 Å². The maximum Gasteiger partial charge on any atom is 0.312 e. The lowest BCUT2D eigenvalue weighted by molar-refractivity contribution is -0.143. The molecule has 1 aliphatic carbocycles. The summed E-state index contributed by atoms with van der Waals surface area (Å²) in [5.74, 6) is -1.09. The number of aliphatic imine (C=N–C) groups is 1. The van der Waals surface area contributed by atoms with Crippen molar-refractivity contribution in [2.24, 2.45) is 16.6 Å². The molecule has 21 heavy (non-hydrogen) atoms. The van der Waals surface area contributed by atoms with Gasteiger partial charge >= 0.3 is 5.97 Å². The van der Waals surface area contributed by atoms with Crippen molar-refractivity contribution in [1.29, 1.82) is 0 Å². The molecule has 0 aromatic carbocycles. The smallest absolute Gasteiger partial charge is 0.312 e. The number of rotatable bonds is 3. The second-order valence-corrected chi connectivity index (χ2v) is 5.10. The number of carbonyl (C=O) groups is 2. The van der Waals surface area contributed by atoms with Gasteiger partial charge in [-0.05, 0) is 42.4 Å². The Morgan fingerprint density at radius 1 is 1.48 bits per heavy atom. The number of carbonyl (C=O) groups excluding carboxylic acids is 2. The van der Waals surface area contributed by atoms with Crippen molar-refractivity contribution in [2.75, 3.05) is 7.11 Å². The summed E-state index contributed by atoms with van der Waals surface area (Å²) < 4.78 is 4.73. The standard InChI is InChI=1S/C14H15N3O3S/c1-7(13(19)20-2)8-3-4-10-9(5-8)6-11(16-10)12(18)17-14(15)21/h3,5-7H,4H2,1-2H3,(H3,15,17,18,21). The minimum atomic E-state index is -0.437. The number of methoxy groups -OCH3 is 1. The summed E-state index contributed by atoms with van der Waals surface area (Å²) in [5, 5.41) is 2.24. The minimum Gasteiger partial charge on any atom is -0.469 e. The van der Waals surface area contributed by atoms with E-state index in [1.54, 1.807) is 13.0 Å². The van der Waals surface area contributed by atoms with Crippen molar-refractivity contribution in [2.45, 2.75) is 13.3 Å². The van der Waals surface area contributed by atoms with Gasteiger partial charge in [0.15, 0.2) is 5.11 Å². The highest BCUT2D eigenvalue weighted by Crippen LogP contribution is 2.28. The molecule has 0 saturated carbocycles. The Kier molecular flexibility index (Phi) is 4.32. The molecule has 0 aromatic rings. The van der Waals surface area contributed by atoms with Crippen LogP contribution in [-0.4, -0.2) is 29.8 Å². The number of thiocarbonyl (C=S) groups is 1. The highest BCUT2D eigenvalue weighted by molar-refractivity contribution is 7.80. The zero-order valence-electron chi connectivity index (χ0n) is 11.7. The fraction of sp³-hybridized carbons (Fsp3) is 0.286. The quantitative estimate of drug-likeness (QED) is 0.593. The third-order valence-corrected chi connectivity index (χ3v) is 3.36. The van der Waals surface area contributed by atoms with Gasteiger partial charge in [0.1, 0.15) is 5.70 Å². The molecule has 0 fully saturated rings. The maximum absolute atomic E-state index is 11.8. The number of allylic oxidation sites excluding steroid dienone is 4. The molecule has 0 saturated heterocycles. The highest BCUT2D eigenvalue weighted by Gasteiger charge is 2.25. The molecule has 0 bridgehead atoms. The summed E-state index contributed by atoms with van der Waals surface area (Å²) in [6.07, 6.45) is 5.96. The molecule has 1 aliphatic heterocycles. The predicted octanol–water partition coefficient (Wildman–Crippen LogP) is 0.750. The Balaban J connectivity index is 2.18. The molecule has 0 spiro atoms. The molecule has 1 heterocycles. The molecular formula is C14H15N3O3S. The third kappa shape index (κ3) is 3.25. The van der Waals surface area contributed by atoms with E-state index in [0.717, 1.165) is 16.9 Å². The zero-order chi connectivity index (χ0) is 15.6. The molecule has 2 rings (SSSR count). The van der Waals surface area contributed by atoms with E-state index in [2.05, 4.69) is 22.5 Å². The summed E-state index contributed by atoms with van der Waals surface area (Å²) in [4.78, 5) is 27.6. The number of nitrogens with two attached hydrogens (primary N) is 1. The predicted molar refractivity (Wildman–Crippen MR) is 82.4 cm³/mol. The number of esters is 1. The van der Waals surface area contributed by atoms with E-state index in [0.29, 0.717) is 6.42 Å². The fourth-order valence-electron chi connectivity index (χ4n) is 2.12. The first-order valence-electron chi connectivity index (χ1n) is 6.32. The molecule has 0 radical (unpaired) electrons. The van der Waals surface area contributed by atoms with Crippen molar-refractivity contribution < 1.29 is 14.3 Å². The van der Waals surface area contributed by atoms with Gasteiger partial charge in [0.25, 0.3) is 5.91 Å². The summed E-state index contributed by atoms with van der Waals surface area (Å²) >= 11 is 4.62. The van der Waals surface area contributed by atoms with E-state index in [4.69, 9.17) is 10.5 Å². The number of hydrogen-bond acceptors (Lipinski definition) is 5. The van der Waals surface area contributed by atoms with Gasteiger partial charge in [-0.1, -0.05) is 6.08 Å². The lowest BCUT2D eigenvalue weighted by Crippen LogP contribution is -2.35. The lowest BCUT2D eigenvalue weighted by atomic mass is 9.91. The molecule has 1 amide bonds. The van der Waals surface area contributed by atoms with E-state index in [-0.39, 0.29) is 22.7 Å². The lowest BCUT2D eigenvalue weighted by Gasteiger charge is -2.15. The number of hydrogen-bond donors (Lipinski definition) is 2. The van der Waals surface area contributed by atoms with Gasteiger partial charge in [-0.2, -0.15) is 0 Å². The van der Waals surface area contributed by atoms with Gasteiger partial charge in [-0.15, -0.1) is 0 Å². The van der Waals surface area contributed by atoms with Crippen LogP contribution < -0.4 is 11.1 Å². The largest absolute Gasteiger partial charge is 0.469 e. The number of amides is 1. The first-order chi connectivity index (χ1) is 9.92. The van der Waals surface area contributed by atoms with Gasteiger partial charge in [-0.3, -0.25) is 14.9 Å². The zero-order valence-corrected chi connectivity index (χ0v) is 12.5. The molecule has 6 nitrogen and oxygen atoms in total. The van der Waals surface area contributed by atoms with Gasteiger partial charge in [0.2, 0.25) is 0 Å². The average Bonchev–Trinajstić information content (AvgIpc) is 2.87. The van der Waals surface area contributed by atoms with Crippen LogP contribution in [0.5, 0.6) is 0 Å². The van der Waals surface area contributed by atoms with E-state index in [1.165, 1.54) is 7.11 Å². The highest BCUT2D eigenvalue weighted by atomic mass is 32.1. The third-order valence-electron chi connectivity index (χ3n) is 3.26. The molecule has 0 aromatic heterocycles. The van der Waals surface area contributed by atoms with Crippen LogP contribution in [-0.2, 0) is 14.3 Å². The van der Waals surface area contributed by atoms with Crippen molar-refractivity contribution in [1.82, 2.24) is 5.32 Å². The monoisotopic (exact) mass is 305 g/mol. The topological polar surface area (TPSA) is 93.8 Å². The fourth-order valence-corrected chi connectivity index (χ4v) is 2.21. The first-order valence-corrected chi connectivity index (χ1v) is 6.73. The number of nitrogens with zero attached hydrogens (tertiary/aromatic N) is 1. The average molecular weight is 305 g/mol. The first kappa shape index (κ1) is 15.1. The van der Waals surface area contributed by atoms with Crippen LogP contribution in [0.1, 0.15) is 13.3 Å². The number of fused-ring (bicyclic) bond motifs is 1. The number of nitrogens with one attached hydrogen (secondary N) is 1. The van der Waals surface area contributed by atoms with Gasteiger partial charge in [0, 0.05) is 6.42 Å². The Labute approximate surface area is 127 Å². The van der Waals surface area contributed by atoms with Gasteiger partial charge < -0.3 is 10.5 Å². The van der Waals surface area contributed by atoms with Crippen LogP contribution in [0, 0.1) is 5.92 Å². The van der Waals surface area contributed by atoms with Gasteiger partial charge in [0.05, 0.1) is 18.7 Å². The molecule has 2 aliphatic rings. The summed E-state index contributed by atoms with van der Waals surface area (Å²) in [5.41, 5.74) is 7.97. The maximum atomic E-state index is 11.8. The second kappa shape index (κ2) is 6.01. The SMILES string of the molecule is COC(=O)C(C)C1=CCC2=NC(C(=O)NC(N)=S)=CC2=C1. The minimum absolute atomic E-state index is 0.0944. The van der Waals surface area contributed by atoms with Crippen LogP contribution in [0.2, 0.25) is 0 Å². The second-order valence-electron chi connectivity index (χ2n) is 4.66. The Morgan fingerprint density at radius 2 is 2.19 bits per heavy atom. The Hall–Kier alpha value is -2.28. The molecular weight excluding hydrogens is 290 g/mol. The van der Waals surface area contributed by atoms with Gasteiger partial charge in [-0.25, -0.2) is 4.99 Å². The van der Waals surface area contributed by atoms with Crippen LogP contribution in [0.25, 0.3) is 0 Å². The molecule has 3 N–H and O–H groups in total. The van der Waals surface area contributed by atoms with Crippen LogP contribution in [0.4, 0.5) is 0 Å². The molecule has 110 valence electrons. The van der Waals surface area contributed by atoms with E-state index >= 15 is 0 Å². The Morgan fingerprint density at radius 3 is 2.81 bits per heavy atom. The van der Waals surface area contributed by atoms with Crippen LogP contribution in [0.15, 0.2) is 40.1 Å². The van der Waals surface area contributed by atoms with Crippen molar-refractivity contribution >= 4 is 34.9 Å². The molecule has 7 heteroatoms. The van der Waals surface area contributed by atoms with E-state index in [1.807, 2.05) is 12.2 Å². The van der Waals surface area contributed by atoms with Crippen molar-refractivity contribution in [3.05, 3.63) is 35.1 Å². The molecule has 1 unspecified atom stereocenters. The summed E-state index contributed by atoms with van der Waals surface area (Å²) in [6.45, 7) is 1.77. The van der Waals surface area contributed by atoms with Crippen LogP contribution >= 0.6 is 12.2 Å². The Bertz CT molecular complexity index is 644. The molecule has 1 atom stereocenters. The summed E-state index contributed by atoms with van der Waals surface area (Å²) in [6, 6.07) is 0. The number of ether oxygens (including phenoxy) is 1. The van der Waals surface area contributed by atoms with Crippen molar-refractivity contribution in [3.63, 3.8) is 0 Å². The summed E-state index contributed by atoms with van der Waals surface area (Å²) in [7, 11) is 1.36.